The van der Waals surface area contributed by atoms with Gasteiger partial charge in [0.05, 0.1) is 24.4 Å². The van der Waals surface area contributed by atoms with Crippen LogP contribution < -0.4 is 4.90 Å². The third-order valence-corrected chi connectivity index (χ3v) is 2.78. The molecule has 1 amide bonds. The van der Waals surface area contributed by atoms with Gasteiger partial charge in [0.15, 0.2) is 0 Å². The van der Waals surface area contributed by atoms with Gasteiger partial charge in [-0.25, -0.2) is 9.18 Å². The van der Waals surface area contributed by atoms with Crippen molar-refractivity contribution in [3.8, 4) is 11.8 Å². The lowest BCUT2D eigenvalue weighted by molar-refractivity contribution is 0.0963. The molecule has 6 heteroatoms. The molecule has 0 aliphatic carbocycles. The maximum absolute atomic E-state index is 13.9. The van der Waals surface area contributed by atoms with Gasteiger partial charge in [-0.15, -0.1) is 0 Å². The number of amides is 1. The number of aliphatic hydroxyl groups excluding tert-OH is 1. The van der Waals surface area contributed by atoms with E-state index in [1.807, 2.05) is 0 Å². The van der Waals surface area contributed by atoms with E-state index in [-0.39, 0.29) is 25.3 Å². The van der Waals surface area contributed by atoms with E-state index in [2.05, 4.69) is 11.8 Å². The Labute approximate surface area is 115 Å². The number of nitrogens with zero attached hydrogens (tertiary/aromatic N) is 1. The van der Waals surface area contributed by atoms with E-state index >= 15 is 0 Å². The topological polar surface area (TPSA) is 59.0 Å². The quantitative estimate of drug-likeness (QED) is 0.843. The fourth-order valence-corrected chi connectivity index (χ4v) is 1.80. The highest BCUT2D eigenvalue weighted by atomic mass is 19.1. The van der Waals surface area contributed by atoms with Gasteiger partial charge in [-0.05, 0) is 18.2 Å². The Hall–Kier alpha value is -2.10. The molecule has 1 fully saturated rings. The first-order valence-electron chi connectivity index (χ1n) is 6.02. The summed E-state index contributed by atoms with van der Waals surface area (Å²) in [4.78, 5) is 12.9. The molecule has 0 bridgehead atoms. The Morgan fingerprint density at radius 2 is 2.40 bits per heavy atom. The van der Waals surface area contributed by atoms with Gasteiger partial charge < -0.3 is 14.6 Å². The van der Waals surface area contributed by atoms with Crippen LogP contribution in [0.25, 0.3) is 0 Å². The van der Waals surface area contributed by atoms with Gasteiger partial charge in [0.1, 0.15) is 18.5 Å². The molecule has 2 rings (SSSR count). The molecule has 1 aromatic carbocycles. The minimum Gasteiger partial charge on any atom is -0.441 e. The third-order valence-electron chi connectivity index (χ3n) is 2.78. The molecule has 1 aliphatic heterocycles. The van der Waals surface area contributed by atoms with Crippen molar-refractivity contribution in [3.05, 3.63) is 29.6 Å². The molecule has 1 atom stereocenters. The Bertz CT molecular complexity index is 564. The summed E-state index contributed by atoms with van der Waals surface area (Å²) in [5.41, 5.74) is 0.609. The first-order valence-corrected chi connectivity index (χ1v) is 6.02. The predicted octanol–water partition coefficient (Wildman–Crippen LogP) is 1.14. The lowest BCUT2D eigenvalue weighted by Gasteiger charge is -2.13. The summed E-state index contributed by atoms with van der Waals surface area (Å²) in [5, 5.41) is 8.96. The number of methoxy groups -OCH3 is 1. The monoisotopic (exact) mass is 279 g/mol. The van der Waals surface area contributed by atoms with Gasteiger partial charge in [0.25, 0.3) is 0 Å². The van der Waals surface area contributed by atoms with Gasteiger partial charge in [-0.1, -0.05) is 11.8 Å². The van der Waals surface area contributed by atoms with Crippen LogP contribution in [0.1, 0.15) is 5.56 Å². The lowest BCUT2D eigenvalue weighted by Crippen LogP contribution is -2.25. The van der Waals surface area contributed by atoms with E-state index in [0.29, 0.717) is 5.69 Å². The molecule has 0 saturated carbocycles. The van der Waals surface area contributed by atoms with Crippen LogP contribution in [0.4, 0.5) is 14.9 Å². The van der Waals surface area contributed by atoms with Crippen molar-refractivity contribution in [1.29, 1.82) is 0 Å². The highest BCUT2D eigenvalue weighted by Gasteiger charge is 2.32. The summed E-state index contributed by atoms with van der Waals surface area (Å²) in [7, 11) is 1.50. The fraction of sp³-hybridized carbons (Fsp3) is 0.357. The van der Waals surface area contributed by atoms with Crippen molar-refractivity contribution in [2.24, 2.45) is 0 Å². The average Bonchev–Trinajstić information content (AvgIpc) is 2.82. The first kappa shape index (κ1) is 14.3. The number of aliphatic hydroxyl groups is 1. The van der Waals surface area contributed by atoms with Crippen LogP contribution >= 0.6 is 0 Å². The third kappa shape index (κ3) is 3.07. The maximum Gasteiger partial charge on any atom is 0.414 e. The fourth-order valence-electron chi connectivity index (χ4n) is 1.80. The van der Waals surface area contributed by atoms with Crippen molar-refractivity contribution in [1.82, 2.24) is 0 Å². The molecule has 1 heterocycles. The van der Waals surface area contributed by atoms with Gasteiger partial charge in [0.2, 0.25) is 0 Å². The van der Waals surface area contributed by atoms with E-state index in [9.17, 15) is 9.18 Å². The number of cyclic esters (lactones) is 1. The molecular weight excluding hydrogens is 265 g/mol. The summed E-state index contributed by atoms with van der Waals surface area (Å²) >= 11 is 0. The first-order chi connectivity index (χ1) is 9.65. The van der Waals surface area contributed by atoms with E-state index in [1.54, 1.807) is 6.07 Å². The molecule has 0 unspecified atom stereocenters. The van der Waals surface area contributed by atoms with Crippen molar-refractivity contribution in [2.45, 2.75) is 6.10 Å². The molecule has 0 radical (unpaired) electrons. The molecule has 1 N–H and O–H groups in total. The minimum atomic E-state index is -0.596. The Morgan fingerprint density at radius 1 is 1.60 bits per heavy atom. The standard InChI is InChI=1S/C14H14FNO4/c1-19-6-2-3-10-4-5-11(7-13(10)15)16-8-12(9-17)20-14(16)18/h4-5,7,12,17H,6,8-9H2,1H3/t12-/m1/s1. The zero-order valence-corrected chi connectivity index (χ0v) is 10.9. The Balaban J connectivity index is 2.18. The number of hydrogen-bond acceptors (Lipinski definition) is 4. The summed E-state index contributed by atoms with van der Waals surface area (Å²) in [5.74, 6) is 4.77. The predicted molar refractivity (Wildman–Crippen MR) is 69.9 cm³/mol. The Kier molecular flexibility index (Phi) is 4.56. The van der Waals surface area contributed by atoms with E-state index in [0.717, 1.165) is 0 Å². The zero-order valence-electron chi connectivity index (χ0n) is 10.9. The second-order valence-corrected chi connectivity index (χ2v) is 4.20. The van der Waals surface area contributed by atoms with E-state index < -0.39 is 18.0 Å². The summed E-state index contributed by atoms with van der Waals surface area (Å²) in [6.07, 6.45) is -1.17. The van der Waals surface area contributed by atoms with E-state index in [1.165, 1.54) is 24.1 Å². The van der Waals surface area contributed by atoms with Crippen molar-refractivity contribution < 1.29 is 23.8 Å². The van der Waals surface area contributed by atoms with Crippen LogP contribution in [-0.4, -0.2) is 44.2 Å². The van der Waals surface area contributed by atoms with Crippen LogP contribution in [0, 0.1) is 17.7 Å². The van der Waals surface area contributed by atoms with Crippen LogP contribution in [-0.2, 0) is 9.47 Å². The Morgan fingerprint density at radius 3 is 3.00 bits per heavy atom. The van der Waals surface area contributed by atoms with E-state index in [4.69, 9.17) is 14.6 Å². The SMILES string of the molecule is COCC#Cc1ccc(N2C[C@H](CO)OC2=O)cc1F. The molecule has 20 heavy (non-hydrogen) atoms. The van der Waals surface area contributed by atoms with Gasteiger partial charge in [0, 0.05) is 7.11 Å². The normalized spacial score (nSPS) is 17.6. The van der Waals surface area contributed by atoms with Crippen LogP contribution in [0.15, 0.2) is 18.2 Å². The number of rotatable bonds is 3. The molecule has 0 spiro atoms. The van der Waals surface area contributed by atoms with Gasteiger partial charge in [-0.3, -0.25) is 4.90 Å². The highest BCUT2D eigenvalue weighted by Crippen LogP contribution is 2.23. The zero-order chi connectivity index (χ0) is 14.5. The summed E-state index contributed by atoms with van der Waals surface area (Å²) in [6.45, 7) is 0.159. The number of hydrogen-bond donors (Lipinski definition) is 1. The number of ether oxygens (including phenoxy) is 2. The molecular formula is C14H14FNO4. The number of benzene rings is 1. The summed E-state index contributed by atoms with van der Waals surface area (Å²) < 4.78 is 23.5. The summed E-state index contributed by atoms with van der Waals surface area (Å²) in [6, 6.07) is 4.30. The highest BCUT2D eigenvalue weighted by molar-refractivity contribution is 5.89. The molecule has 1 aromatic rings. The second kappa shape index (κ2) is 6.37. The minimum absolute atomic E-state index is 0.198. The number of carbonyl (C=O) groups is 1. The largest absolute Gasteiger partial charge is 0.441 e. The molecule has 5 nitrogen and oxygen atoms in total. The van der Waals surface area contributed by atoms with Gasteiger partial charge >= 0.3 is 6.09 Å². The number of anilines is 1. The molecule has 0 aromatic heterocycles. The smallest absolute Gasteiger partial charge is 0.414 e. The van der Waals surface area contributed by atoms with Gasteiger partial charge in [-0.2, -0.15) is 0 Å². The lowest BCUT2D eigenvalue weighted by atomic mass is 10.2. The average molecular weight is 279 g/mol. The van der Waals surface area contributed by atoms with Crippen molar-refractivity contribution in [2.75, 3.05) is 31.8 Å². The molecule has 106 valence electrons. The maximum atomic E-state index is 13.9. The van der Waals surface area contributed by atoms with Crippen LogP contribution in [0.5, 0.6) is 0 Å². The van der Waals surface area contributed by atoms with Crippen molar-refractivity contribution in [3.63, 3.8) is 0 Å². The van der Waals surface area contributed by atoms with Crippen molar-refractivity contribution >= 4 is 11.8 Å². The number of halogens is 1. The number of carbonyl (C=O) groups excluding carboxylic acids is 1. The second-order valence-electron chi connectivity index (χ2n) is 4.20. The van der Waals surface area contributed by atoms with Crippen LogP contribution in [0.2, 0.25) is 0 Å². The molecule has 1 saturated heterocycles. The van der Waals surface area contributed by atoms with Crippen LogP contribution in [0.3, 0.4) is 0 Å². The molecule has 1 aliphatic rings.